The third-order valence-electron chi connectivity index (χ3n) is 3.40. The minimum Gasteiger partial charge on any atom is -0.488 e. The van der Waals surface area contributed by atoms with Crippen LogP contribution in [0.1, 0.15) is 5.56 Å². The molecule has 0 saturated carbocycles. The van der Waals surface area contributed by atoms with Crippen LogP contribution in [-0.2, 0) is 6.61 Å². The highest BCUT2D eigenvalue weighted by atomic mass is 16.5. The highest BCUT2D eigenvalue weighted by Crippen LogP contribution is 2.40. The number of benzene rings is 2. The van der Waals surface area contributed by atoms with Crippen molar-refractivity contribution in [2.75, 3.05) is 0 Å². The fraction of sp³-hybridized carbons (Fsp3) is 0.0625. The molecule has 0 amide bonds. The summed E-state index contributed by atoms with van der Waals surface area (Å²) in [6.45, 7) is 0.624. The Hall–Kier alpha value is -2.35. The first kappa shape index (κ1) is 9.66. The zero-order valence-electron chi connectivity index (χ0n) is 9.76. The number of fused-ring (bicyclic) bond motifs is 5. The van der Waals surface area contributed by atoms with Crippen molar-refractivity contribution in [1.82, 2.24) is 4.98 Å². The van der Waals surface area contributed by atoms with Gasteiger partial charge < -0.3 is 4.74 Å². The van der Waals surface area contributed by atoms with E-state index in [0.29, 0.717) is 6.61 Å². The lowest BCUT2D eigenvalue weighted by atomic mass is 9.94. The van der Waals surface area contributed by atoms with Crippen molar-refractivity contribution >= 4 is 10.9 Å². The van der Waals surface area contributed by atoms with Gasteiger partial charge in [0.1, 0.15) is 12.4 Å². The predicted molar refractivity (Wildman–Crippen MR) is 71.5 cm³/mol. The Balaban J connectivity index is 2.15. The van der Waals surface area contributed by atoms with Crippen molar-refractivity contribution in [2.45, 2.75) is 6.61 Å². The van der Waals surface area contributed by atoms with Crippen molar-refractivity contribution in [1.29, 1.82) is 0 Å². The molecule has 0 saturated heterocycles. The highest BCUT2D eigenvalue weighted by Gasteiger charge is 2.19. The Morgan fingerprint density at radius 2 is 1.89 bits per heavy atom. The van der Waals surface area contributed by atoms with Crippen LogP contribution in [0.25, 0.3) is 22.0 Å². The molecule has 4 rings (SSSR count). The minimum atomic E-state index is 0.624. The number of para-hydroxylation sites is 1. The zero-order valence-corrected chi connectivity index (χ0v) is 9.76. The van der Waals surface area contributed by atoms with E-state index in [0.717, 1.165) is 16.8 Å². The third-order valence-corrected chi connectivity index (χ3v) is 3.40. The van der Waals surface area contributed by atoms with Crippen LogP contribution in [0.3, 0.4) is 0 Å². The van der Waals surface area contributed by atoms with Crippen molar-refractivity contribution in [3.63, 3.8) is 0 Å². The summed E-state index contributed by atoms with van der Waals surface area (Å²) >= 11 is 0. The second-order valence-electron chi connectivity index (χ2n) is 4.46. The topological polar surface area (TPSA) is 22.1 Å². The van der Waals surface area contributed by atoms with E-state index in [1.165, 1.54) is 16.5 Å². The van der Waals surface area contributed by atoms with Gasteiger partial charge in [-0.3, -0.25) is 4.98 Å². The third kappa shape index (κ3) is 1.26. The smallest absolute Gasteiger partial charge is 0.127 e. The van der Waals surface area contributed by atoms with Gasteiger partial charge in [0.25, 0.3) is 0 Å². The van der Waals surface area contributed by atoms with Crippen LogP contribution in [0, 0.1) is 0 Å². The van der Waals surface area contributed by atoms with Gasteiger partial charge in [0.2, 0.25) is 0 Å². The SMILES string of the molecule is c1ccc2c(c1)OCc1ccc3cccnc3c1-2. The zero-order chi connectivity index (χ0) is 11.9. The number of hydrogen-bond donors (Lipinski definition) is 0. The normalized spacial score (nSPS) is 12.7. The molecule has 2 heteroatoms. The van der Waals surface area contributed by atoms with Crippen LogP contribution < -0.4 is 4.74 Å². The summed E-state index contributed by atoms with van der Waals surface area (Å²) < 4.78 is 5.77. The molecule has 1 aromatic heterocycles. The number of ether oxygens (including phenoxy) is 1. The van der Waals surface area contributed by atoms with Crippen LogP contribution >= 0.6 is 0 Å². The van der Waals surface area contributed by atoms with Crippen LogP contribution in [0.2, 0.25) is 0 Å². The fourth-order valence-corrected chi connectivity index (χ4v) is 2.56. The Bertz CT molecular complexity index is 749. The lowest BCUT2D eigenvalue weighted by Gasteiger charge is -2.21. The molecule has 0 fully saturated rings. The van der Waals surface area contributed by atoms with Crippen LogP contribution in [-0.4, -0.2) is 4.98 Å². The van der Waals surface area contributed by atoms with Crippen molar-refractivity contribution in [3.8, 4) is 16.9 Å². The van der Waals surface area contributed by atoms with Crippen molar-refractivity contribution < 1.29 is 4.74 Å². The van der Waals surface area contributed by atoms with E-state index in [1.807, 2.05) is 30.5 Å². The van der Waals surface area contributed by atoms with Gasteiger partial charge in [0.05, 0.1) is 5.52 Å². The van der Waals surface area contributed by atoms with E-state index in [2.05, 4.69) is 29.2 Å². The summed E-state index contributed by atoms with van der Waals surface area (Å²) in [7, 11) is 0. The number of aromatic nitrogens is 1. The maximum absolute atomic E-state index is 5.77. The quantitative estimate of drug-likeness (QED) is 0.589. The first-order valence-electron chi connectivity index (χ1n) is 6.02. The molecule has 86 valence electrons. The molecule has 1 aliphatic heterocycles. The molecular weight excluding hydrogens is 222 g/mol. The average Bonchev–Trinajstić information content (AvgIpc) is 2.46. The lowest BCUT2D eigenvalue weighted by molar-refractivity contribution is 0.302. The Labute approximate surface area is 105 Å². The van der Waals surface area contributed by atoms with Gasteiger partial charge >= 0.3 is 0 Å². The van der Waals surface area contributed by atoms with Gasteiger partial charge in [-0.25, -0.2) is 0 Å². The van der Waals surface area contributed by atoms with E-state index in [1.54, 1.807) is 0 Å². The first-order chi connectivity index (χ1) is 8.93. The number of rotatable bonds is 0. The number of pyridine rings is 1. The lowest BCUT2D eigenvalue weighted by Crippen LogP contribution is -2.06. The first-order valence-corrected chi connectivity index (χ1v) is 6.02. The summed E-state index contributed by atoms with van der Waals surface area (Å²) in [6.07, 6.45) is 1.85. The molecule has 0 radical (unpaired) electrons. The van der Waals surface area contributed by atoms with Crippen molar-refractivity contribution in [2.24, 2.45) is 0 Å². The fourth-order valence-electron chi connectivity index (χ4n) is 2.56. The summed E-state index contributed by atoms with van der Waals surface area (Å²) in [5.74, 6) is 0.947. The van der Waals surface area contributed by atoms with E-state index in [9.17, 15) is 0 Å². The molecule has 2 heterocycles. The molecule has 0 spiro atoms. The Morgan fingerprint density at radius 1 is 0.944 bits per heavy atom. The molecule has 3 aromatic rings. The maximum Gasteiger partial charge on any atom is 0.127 e. The molecule has 2 nitrogen and oxygen atoms in total. The summed E-state index contributed by atoms with van der Waals surface area (Å²) in [5, 5.41) is 1.17. The maximum atomic E-state index is 5.77. The van der Waals surface area contributed by atoms with E-state index in [-0.39, 0.29) is 0 Å². The molecule has 18 heavy (non-hydrogen) atoms. The van der Waals surface area contributed by atoms with Gasteiger partial charge in [-0.15, -0.1) is 0 Å². The number of hydrogen-bond acceptors (Lipinski definition) is 2. The van der Waals surface area contributed by atoms with Gasteiger partial charge in [0.15, 0.2) is 0 Å². The minimum absolute atomic E-state index is 0.624. The second-order valence-corrected chi connectivity index (χ2v) is 4.46. The predicted octanol–water partition coefficient (Wildman–Crippen LogP) is 3.79. The Morgan fingerprint density at radius 3 is 2.89 bits per heavy atom. The second kappa shape index (κ2) is 3.57. The molecule has 0 bridgehead atoms. The van der Waals surface area contributed by atoms with E-state index >= 15 is 0 Å². The molecule has 0 atom stereocenters. The molecule has 0 unspecified atom stereocenters. The molecule has 1 aliphatic rings. The van der Waals surface area contributed by atoms with Gasteiger partial charge in [0, 0.05) is 22.7 Å². The van der Waals surface area contributed by atoms with E-state index < -0.39 is 0 Å². The molecule has 0 N–H and O–H groups in total. The number of nitrogens with zero attached hydrogens (tertiary/aromatic N) is 1. The monoisotopic (exact) mass is 233 g/mol. The largest absolute Gasteiger partial charge is 0.488 e. The highest BCUT2D eigenvalue weighted by molar-refractivity contribution is 5.97. The molecule has 0 aliphatic carbocycles. The van der Waals surface area contributed by atoms with Gasteiger partial charge in [-0.05, 0) is 17.7 Å². The van der Waals surface area contributed by atoms with Gasteiger partial charge in [-0.2, -0.15) is 0 Å². The standard InChI is InChI=1S/C16H11NO/c1-2-6-14-13(5-1)15-12(10-18-14)8-7-11-4-3-9-17-16(11)15/h1-9H,10H2. The summed E-state index contributed by atoms with van der Waals surface area (Å²) in [6, 6.07) is 16.5. The van der Waals surface area contributed by atoms with Gasteiger partial charge in [-0.1, -0.05) is 36.4 Å². The summed E-state index contributed by atoms with van der Waals surface area (Å²) in [4.78, 5) is 4.54. The average molecular weight is 233 g/mol. The molecule has 2 aromatic carbocycles. The van der Waals surface area contributed by atoms with E-state index in [4.69, 9.17) is 4.74 Å². The Kier molecular flexibility index (Phi) is 1.92. The van der Waals surface area contributed by atoms with Crippen LogP contribution in [0.15, 0.2) is 54.7 Å². The summed E-state index contributed by atoms with van der Waals surface area (Å²) in [5.41, 5.74) is 4.63. The van der Waals surface area contributed by atoms with Crippen molar-refractivity contribution in [3.05, 3.63) is 60.3 Å². The molecular formula is C16H11NO. The van der Waals surface area contributed by atoms with Crippen LogP contribution in [0.5, 0.6) is 5.75 Å². The van der Waals surface area contributed by atoms with Crippen LogP contribution in [0.4, 0.5) is 0 Å².